The summed E-state index contributed by atoms with van der Waals surface area (Å²) in [6.45, 7) is 3.82. The first-order chi connectivity index (χ1) is 20.5. The summed E-state index contributed by atoms with van der Waals surface area (Å²) >= 11 is 12.4. The molecule has 1 aliphatic carbocycles. The highest BCUT2D eigenvalue weighted by Crippen LogP contribution is 2.34. The van der Waals surface area contributed by atoms with Crippen LogP contribution in [-0.4, -0.2) is 72.5 Å². The molecular formula is C31H40Cl2F3N5O2. The Morgan fingerprint density at radius 1 is 0.977 bits per heavy atom. The minimum atomic E-state index is -4.35. The van der Waals surface area contributed by atoms with Crippen LogP contribution in [0.1, 0.15) is 55.2 Å². The van der Waals surface area contributed by atoms with Gasteiger partial charge in [-0.25, -0.2) is 0 Å². The van der Waals surface area contributed by atoms with Crippen LogP contribution in [-0.2, 0) is 28.7 Å². The average molecular weight is 643 g/mol. The molecule has 4 rings (SSSR count). The van der Waals surface area contributed by atoms with Crippen molar-refractivity contribution in [1.82, 2.24) is 20.4 Å². The van der Waals surface area contributed by atoms with E-state index in [1.807, 2.05) is 0 Å². The van der Waals surface area contributed by atoms with Crippen LogP contribution < -0.4 is 16.4 Å². The Bertz CT molecular complexity index is 1230. The Balaban J connectivity index is 1.38. The number of halogens is 5. The van der Waals surface area contributed by atoms with Crippen molar-refractivity contribution in [2.45, 2.75) is 69.2 Å². The molecule has 1 saturated heterocycles. The maximum absolute atomic E-state index is 13.7. The third-order valence-corrected chi connectivity index (χ3v) is 9.14. The largest absolute Gasteiger partial charge is 0.416 e. The number of hydrogen-bond acceptors (Lipinski definition) is 5. The van der Waals surface area contributed by atoms with E-state index in [1.165, 1.54) is 18.6 Å². The van der Waals surface area contributed by atoms with Gasteiger partial charge in [-0.3, -0.25) is 14.5 Å². The van der Waals surface area contributed by atoms with Crippen LogP contribution in [0.15, 0.2) is 42.5 Å². The lowest BCUT2D eigenvalue weighted by atomic mass is 9.79. The molecule has 7 nitrogen and oxygen atoms in total. The lowest BCUT2D eigenvalue weighted by Gasteiger charge is -2.50. The molecule has 1 heterocycles. The van der Waals surface area contributed by atoms with Gasteiger partial charge in [-0.15, -0.1) is 0 Å². The standard InChI is InChI=1S/C31H40Cl2F3N5O2/c32-25-9-6-23(26(33)19-25)18-27(39-28(42)10-13-37)29(43)40-14-16-41(17-15-40)30(11-2-1-3-12-30)21-38-20-22-4-7-24(8-5-22)31(34,35)36/h4-9,19,27,38H,1-3,10-18,20-21,37H2,(H,39,42)/t27-/m1/s1. The molecule has 2 aromatic carbocycles. The first-order valence-corrected chi connectivity index (χ1v) is 15.6. The number of nitrogens with one attached hydrogen (secondary N) is 2. The number of benzene rings is 2. The number of piperazine rings is 1. The smallest absolute Gasteiger partial charge is 0.344 e. The highest BCUT2D eigenvalue weighted by molar-refractivity contribution is 6.35. The number of rotatable bonds is 11. The van der Waals surface area contributed by atoms with E-state index in [9.17, 15) is 22.8 Å². The third kappa shape index (κ3) is 9.08. The van der Waals surface area contributed by atoms with Gasteiger partial charge in [0.15, 0.2) is 0 Å². The van der Waals surface area contributed by atoms with Crippen LogP contribution >= 0.6 is 23.2 Å². The minimum Gasteiger partial charge on any atom is -0.344 e. The lowest BCUT2D eigenvalue weighted by molar-refractivity contribution is -0.139. The number of nitrogens with two attached hydrogens (primary N) is 1. The summed E-state index contributed by atoms with van der Waals surface area (Å²) < 4.78 is 38.8. The number of nitrogens with zero attached hydrogens (tertiary/aromatic N) is 2. The highest BCUT2D eigenvalue weighted by Gasteiger charge is 2.40. The lowest BCUT2D eigenvalue weighted by Crippen LogP contribution is -2.63. The van der Waals surface area contributed by atoms with Crippen molar-refractivity contribution in [3.63, 3.8) is 0 Å². The molecule has 0 spiro atoms. The summed E-state index contributed by atoms with van der Waals surface area (Å²) in [5, 5.41) is 7.29. The van der Waals surface area contributed by atoms with Crippen molar-refractivity contribution in [2.24, 2.45) is 5.73 Å². The van der Waals surface area contributed by atoms with Crippen LogP contribution in [0, 0.1) is 0 Å². The summed E-state index contributed by atoms with van der Waals surface area (Å²) in [6, 6.07) is 9.60. The molecule has 1 saturated carbocycles. The quantitative estimate of drug-likeness (QED) is 0.320. The number of hydrogen-bond donors (Lipinski definition) is 3. The van der Waals surface area contributed by atoms with E-state index >= 15 is 0 Å². The van der Waals surface area contributed by atoms with E-state index in [4.69, 9.17) is 28.9 Å². The van der Waals surface area contributed by atoms with Crippen molar-refractivity contribution in [3.05, 3.63) is 69.2 Å². The first-order valence-electron chi connectivity index (χ1n) is 14.8. The monoisotopic (exact) mass is 641 g/mol. The molecule has 0 radical (unpaired) electrons. The number of carbonyl (C=O) groups is 2. The normalized spacial score (nSPS) is 18.3. The molecule has 0 aromatic heterocycles. The zero-order valence-corrected chi connectivity index (χ0v) is 25.7. The Morgan fingerprint density at radius 3 is 2.26 bits per heavy atom. The predicted octanol–water partition coefficient (Wildman–Crippen LogP) is 5.03. The van der Waals surface area contributed by atoms with Crippen LogP contribution in [0.3, 0.4) is 0 Å². The molecule has 12 heteroatoms. The zero-order valence-electron chi connectivity index (χ0n) is 24.2. The van der Waals surface area contributed by atoms with Gasteiger partial charge in [-0.05, 0) is 48.2 Å². The van der Waals surface area contributed by atoms with Crippen LogP contribution in [0.5, 0.6) is 0 Å². The van der Waals surface area contributed by atoms with Crippen LogP contribution in [0.2, 0.25) is 10.0 Å². The van der Waals surface area contributed by atoms with Gasteiger partial charge in [-0.2, -0.15) is 13.2 Å². The van der Waals surface area contributed by atoms with E-state index < -0.39 is 17.8 Å². The van der Waals surface area contributed by atoms with E-state index in [2.05, 4.69) is 15.5 Å². The summed E-state index contributed by atoms with van der Waals surface area (Å²) in [5.41, 5.74) is 6.36. The Labute approximate surface area is 261 Å². The van der Waals surface area contributed by atoms with Gasteiger partial charge >= 0.3 is 6.18 Å². The summed E-state index contributed by atoms with van der Waals surface area (Å²) in [6.07, 6.45) is 1.45. The second-order valence-electron chi connectivity index (χ2n) is 11.5. The molecule has 43 heavy (non-hydrogen) atoms. The fraction of sp³-hybridized carbons (Fsp3) is 0.548. The van der Waals surface area contributed by atoms with Gasteiger partial charge in [-0.1, -0.05) is 60.7 Å². The molecule has 2 aliphatic rings. The van der Waals surface area contributed by atoms with E-state index in [1.54, 1.807) is 23.1 Å². The maximum atomic E-state index is 13.7. The molecule has 1 atom stereocenters. The second-order valence-corrected chi connectivity index (χ2v) is 12.3. The van der Waals surface area contributed by atoms with Gasteiger partial charge in [0.05, 0.1) is 5.56 Å². The number of carbonyl (C=O) groups excluding carboxylic acids is 2. The molecule has 2 fully saturated rings. The topological polar surface area (TPSA) is 90.7 Å². The molecule has 236 valence electrons. The summed E-state index contributed by atoms with van der Waals surface area (Å²) in [4.78, 5) is 30.4. The van der Waals surface area contributed by atoms with Crippen LogP contribution in [0.4, 0.5) is 13.2 Å². The van der Waals surface area contributed by atoms with Crippen molar-refractivity contribution in [1.29, 1.82) is 0 Å². The van der Waals surface area contributed by atoms with Gasteiger partial charge in [0.25, 0.3) is 0 Å². The van der Waals surface area contributed by atoms with Crippen molar-refractivity contribution < 1.29 is 22.8 Å². The molecule has 2 amide bonds. The SMILES string of the molecule is NCCC(=O)N[C@H](Cc1ccc(Cl)cc1Cl)C(=O)N1CCN(C2(CNCc3ccc(C(F)(F)F)cc3)CCCCC2)CC1. The third-order valence-electron chi connectivity index (χ3n) is 8.55. The Morgan fingerprint density at radius 2 is 1.65 bits per heavy atom. The van der Waals surface area contributed by atoms with Crippen molar-refractivity contribution >= 4 is 35.0 Å². The van der Waals surface area contributed by atoms with E-state index in [0.717, 1.165) is 55.5 Å². The molecule has 0 bridgehead atoms. The van der Waals surface area contributed by atoms with E-state index in [-0.39, 0.29) is 36.7 Å². The maximum Gasteiger partial charge on any atom is 0.416 e. The zero-order chi connectivity index (χ0) is 31.0. The highest BCUT2D eigenvalue weighted by atomic mass is 35.5. The molecule has 1 aliphatic heterocycles. The first kappa shape index (κ1) is 33.5. The van der Waals surface area contributed by atoms with Gasteiger partial charge in [0.2, 0.25) is 11.8 Å². The summed E-state index contributed by atoms with van der Waals surface area (Å²) in [7, 11) is 0. The molecule has 2 aromatic rings. The Kier molecular flexibility index (Phi) is 11.8. The molecular weight excluding hydrogens is 602 g/mol. The fourth-order valence-corrected chi connectivity index (χ4v) is 6.68. The molecule has 4 N–H and O–H groups in total. The van der Waals surface area contributed by atoms with E-state index in [0.29, 0.717) is 42.8 Å². The average Bonchev–Trinajstić information content (AvgIpc) is 2.98. The molecule has 0 unspecified atom stereocenters. The van der Waals surface area contributed by atoms with Gasteiger partial charge < -0.3 is 21.3 Å². The Hall–Kier alpha value is -2.37. The van der Waals surface area contributed by atoms with Crippen LogP contribution in [0.25, 0.3) is 0 Å². The van der Waals surface area contributed by atoms with Gasteiger partial charge in [0.1, 0.15) is 6.04 Å². The van der Waals surface area contributed by atoms with Gasteiger partial charge in [0, 0.05) is 74.2 Å². The second kappa shape index (κ2) is 15.1. The number of alkyl halides is 3. The predicted molar refractivity (Wildman–Crippen MR) is 163 cm³/mol. The van der Waals surface area contributed by atoms with Crippen molar-refractivity contribution in [2.75, 3.05) is 39.3 Å². The number of amides is 2. The van der Waals surface area contributed by atoms with Crippen molar-refractivity contribution in [3.8, 4) is 0 Å². The fourth-order valence-electron chi connectivity index (χ4n) is 6.19. The minimum absolute atomic E-state index is 0.0785. The summed E-state index contributed by atoms with van der Waals surface area (Å²) in [5.74, 6) is -0.445.